The summed E-state index contributed by atoms with van der Waals surface area (Å²) in [5.41, 5.74) is 1.13. The van der Waals surface area contributed by atoms with E-state index >= 15 is 0 Å². The van der Waals surface area contributed by atoms with Crippen molar-refractivity contribution in [1.82, 2.24) is 20.5 Å². The Morgan fingerprint density at radius 2 is 2.07 bits per heavy atom. The number of hydrogen-bond acceptors (Lipinski definition) is 5. The molecule has 1 heterocycles. The molecule has 0 aliphatic heterocycles. The lowest BCUT2D eigenvalue weighted by molar-refractivity contribution is 0.261. The monoisotopic (exact) mass is 531 g/mol. The number of ether oxygens (including phenoxy) is 1. The molecule has 0 radical (unpaired) electrons. The third kappa shape index (κ3) is 10.3. The Hall–Kier alpha value is -1.39. The van der Waals surface area contributed by atoms with E-state index in [0.717, 1.165) is 49.7 Å². The van der Waals surface area contributed by atoms with Crippen molar-refractivity contribution < 1.29 is 4.74 Å². The van der Waals surface area contributed by atoms with Crippen molar-refractivity contribution in [3.05, 3.63) is 45.9 Å². The number of rotatable bonds is 11. The van der Waals surface area contributed by atoms with Gasteiger partial charge in [0.1, 0.15) is 12.4 Å². The lowest BCUT2D eigenvalue weighted by atomic mass is 10.2. The minimum Gasteiger partial charge on any atom is -0.492 e. The van der Waals surface area contributed by atoms with Crippen molar-refractivity contribution in [1.29, 1.82) is 0 Å². The van der Waals surface area contributed by atoms with E-state index in [4.69, 9.17) is 9.73 Å². The zero-order valence-corrected chi connectivity index (χ0v) is 21.0. The molecule has 0 amide bonds. The third-order valence-corrected chi connectivity index (χ3v) is 5.25. The number of thiazole rings is 1. The summed E-state index contributed by atoms with van der Waals surface area (Å²) in [6, 6.07) is 8.15. The Labute approximate surface area is 196 Å². The van der Waals surface area contributed by atoms with Gasteiger partial charge < -0.3 is 20.3 Å². The molecule has 0 spiro atoms. The van der Waals surface area contributed by atoms with Gasteiger partial charge in [-0.2, -0.15) is 0 Å². The van der Waals surface area contributed by atoms with Crippen LogP contribution in [0.5, 0.6) is 5.75 Å². The topological polar surface area (TPSA) is 61.8 Å². The maximum atomic E-state index is 5.81. The molecule has 162 valence electrons. The molecule has 0 aliphatic carbocycles. The van der Waals surface area contributed by atoms with E-state index in [0.29, 0.717) is 13.2 Å². The van der Waals surface area contributed by atoms with Crippen molar-refractivity contribution in [2.24, 2.45) is 4.99 Å². The van der Waals surface area contributed by atoms with E-state index in [1.807, 2.05) is 32.4 Å². The Morgan fingerprint density at radius 3 is 2.76 bits per heavy atom. The largest absolute Gasteiger partial charge is 0.492 e. The normalized spacial score (nSPS) is 11.3. The van der Waals surface area contributed by atoms with Crippen molar-refractivity contribution in [3.63, 3.8) is 0 Å². The highest BCUT2D eigenvalue weighted by atomic mass is 127. The molecule has 8 heteroatoms. The van der Waals surface area contributed by atoms with Crippen molar-refractivity contribution >= 4 is 41.3 Å². The van der Waals surface area contributed by atoms with Gasteiger partial charge in [0.25, 0.3) is 0 Å². The summed E-state index contributed by atoms with van der Waals surface area (Å²) in [4.78, 5) is 12.6. The third-order valence-electron chi connectivity index (χ3n) is 4.05. The van der Waals surface area contributed by atoms with Gasteiger partial charge in [-0.3, -0.25) is 0 Å². The van der Waals surface area contributed by atoms with Gasteiger partial charge in [-0.25, -0.2) is 9.98 Å². The number of likely N-dealkylation sites (N-methyl/N-ethyl adjacent to an activating group) is 1. The molecular formula is C21H34IN5OS. The number of halogens is 1. The number of hydrogen-bond donors (Lipinski definition) is 2. The second-order valence-corrected chi connectivity index (χ2v) is 7.94. The van der Waals surface area contributed by atoms with Crippen LogP contribution in [0.3, 0.4) is 0 Å². The van der Waals surface area contributed by atoms with E-state index in [2.05, 4.69) is 46.5 Å². The number of aromatic nitrogens is 1. The maximum Gasteiger partial charge on any atom is 0.191 e. The smallest absolute Gasteiger partial charge is 0.191 e. The van der Waals surface area contributed by atoms with E-state index in [-0.39, 0.29) is 24.0 Å². The summed E-state index contributed by atoms with van der Waals surface area (Å²) in [5, 5.41) is 7.87. The first-order valence-electron chi connectivity index (χ1n) is 9.93. The molecule has 2 rings (SSSR count). The van der Waals surface area contributed by atoms with Crippen LogP contribution >= 0.6 is 35.3 Å². The molecule has 1 aromatic carbocycles. The molecule has 0 unspecified atom stereocenters. The Kier molecular flexibility index (Phi) is 12.9. The number of aliphatic imine (C=N–C) groups is 1. The van der Waals surface area contributed by atoms with Crippen molar-refractivity contribution in [2.45, 2.75) is 33.2 Å². The molecule has 0 saturated heterocycles. The van der Waals surface area contributed by atoms with Gasteiger partial charge in [0, 0.05) is 37.1 Å². The summed E-state index contributed by atoms with van der Waals surface area (Å²) in [6.07, 6.45) is 3.93. The van der Waals surface area contributed by atoms with Crippen LogP contribution in [0, 0.1) is 0 Å². The molecule has 2 aromatic rings. The highest BCUT2D eigenvalue weighted by Crippen LogP contribution is 2.14. The number of aryl methyl sites for hydroxylation is 1. The fourth-order valence-electron chi connectivity index (χ4n) is 2.51. The molecule has 2 N–H and O–H groups in total. The first kappa shape index (κ1) is 25.6. The first-order chi connectivity index (χ1) is 13.6. The zero-order valence-electron chi connectivity index (χ0n) is 17.9. The van der Waals surface area contributed by atoms with E-state index in [1.165, 1.54) is 9.88 Å². The van der Waals surface area contributed by atoms with Gasteiger partial charge in [0.15, 0.2) is 5.96 Å². The highest BCUT2D eigenvalue weighted by Gasteiger charge is 2.03. The average molecular weight is 532 g/mol. The van der Waals surface area contributed by atoms with Gasteiger partial charge in [-0.15, -0.1) is 35.3 Å². The van der Waals surface area contributed by atoms with Gasteiger partial charge in [-0.1, -0.05) is 19.1 Å². The number of guanidine groups is 1. The lowest BCUT2D eigenvalue weighted by Gasteiger charge is -2.12. The van der Waals surface area contributed by atoms with Crippen LogP contribution in [0.15, 0.2) is 35.5 Å². The predicted octanol–water partition coefficient (Wildman–Crippen LogP) is 3.56. The number of benzene rings is 1. The minimum atomic E-state index is 0. The molecule has 0 atom stereocenters. The standard InChI is InChI=1S/C21H33N5OS.HI/c1-5-19-16-24-20(28-19)10-11-23-21(22-6-2)25-15-17-8-7-9-18(14-17)27-13-12-26(3)4;/h7-9,14,16H,5-6,10-13,15H2,1-4H3,(H2,22,23,25);1H. The van der Waals surface area contributed by atoms with Crippen LogP contribution in [0.25, 0.3) is 0 Å². The summed E-state index contributed by atoms with van der Waals surface area (Å²) in [6.45, 7) is 8.07. The fourth-order valence-corrected chi connectivity index (χ4v) is 3.37. The predicted molar refractivity (Wildman–Crippen MR) is 134 cm³/mol. The van der Waals surface area contributed by atoms with E-state index < -0.39 is 0 Å². The maximum absolute atomic E-state index is 5.81. The lowest BCUT2D eigenvalue weighted by Crippen LogP contribution is -2.38. The molecule has 0 bridgehead atoms. The summed E-state index contributed by atoms with van der Waals surface area (Å²) >= 11 is 1.79. The fraction of sp³-hybridized carbons (Fsp3) is 0.524. The van der Waals surface area contributed by atoms with Gasteiger partial charge in [0.2, 0.25) is 0 Å². The first-order valence-corrected chi connectivity index (χ1v) is 10.7. The number of nitrogens with zero attached hydrogens (tertiary/aromatic N) is 3. The Morgan fingerprint density at radius 1 is 1.24 bits per heavy atom. The molecule has 0 fully saturated rings. The van der Waals surface area contributed by atoms with Crippen LogP contribution in [0.1, 0.15) is 29.3 Å². The highest BCUT2D eigenvalue weighted by molar-refractivity contribution is 14.0. The summed E-state index contributed by atoms with van der Waals surface area (Å²) in [7, 11) is 4.09. The van der Waals surface area contributed by atoms with Gasteiger partial charge >= 0.3 is 0 Å². The van der Waals surface area contributed by atoms with Crippen molar-refractivity contribution in [2.75, 3.05) is 40.3 Å². The van der Waals surface area contributed by atoms with Crippen LogP contribution in [0.2, 0.25) is 0 Å². The quantitative estimate of drug-likeness (QED) is 0.264. The average Bonchev–Trinajstić information content (AvgIpc) is 3.14. The van der Waals surface area contributed by atoms with Crippen LogP contribution in [-0.4, -0.2) is 56.2 Å². The summed E-state index contributed by atoms with van der Waals surface area (Å²) in [5.74, 6) is 1.72. The van der Waals surface area contributed by atoms with Crippen LogP contribution < -0.4 is 15.4 Å². The zero-order chi connectivity index (χ0) is 20.2. The van der Waals surface area contributed by atoms with E-state index in [9.17, 15) is 0 Å². The molecule has 29 heavy (non-hydrogen) atoms. The van der Waals surface area contributed by atoms with Gasteiger partial charge in [-0.05, 0) is 45.1 Å². The molecular weight excluding hydrogens is 497 g/mol. The number of nitrogens with one attached hydrogen (secondary N) is 2. The minimum absolute atomic E-state index is 0. The Balaban J connectivity index is 0.00000420. The van der Waals surface area contributed by atoms with E-state index in [1.54, 1.807) is 11.3 Å². The molecule has 0 saturated carbocycles. The second kappa shape index (κ2) is 14.6. The summed E-state index contributed by atoms with van der Waals surface area (Å²) < 4.78 is 5.81. The Bertz CT molecular complexity index is 735. The second-order valence-electron chi connectivity index (χ2n) is 6.74. The van der Waals surface area contributed by atoms with Crippen molar-refractivity contribution in [3.8, 4) is 5.75 Å². The van der Waals surface area contributed by atoms with Crippen LogP contribution in [-0.2, 0) is 19.4 Å². The molecule has 1 aromatic heterocycles. The molecule has 6 nitrogen and oxygen atoms in total. The SMILES string of the molecule is CCNC(=NCc1cccc(OCCN(C)C)c1)NCCc1ncc(CC)s1.I. The van der Waals surface area contributed by atoms with Gasteiger partial charge in [0.05, 0.1) is 11.6 Å². The molecule has 0 aliphatic rings. The van der Waals surface area contributed by atoms with Crippen LogP contribution in [0.4, 0.5) is 0 Å².